The summed E-state index contributed by atoms with van der Waals surface area (Å²) in [6.07, 6.45) is 8.19. The summed E-state index contributed by atoms with van der Waals surface area (Å²) in [4.78, 5) is 36.8. The minimum Gasteiger partial charge on any atom is -0.480 e. The highest BCUT2D eigenvalue weighted by Crippen LogP contribution is 2.26. The van der Waals surface area contributed by atoms with Gasteiger partial charge in [0, 0.05) is 18.3 Å². The van der Waals surface area contributed by atoms with Gasteiger partial charge in [0.1, 0.15) is 6.04 Å². The molecule has 214 valence electrons. The van der Waals surface area contributed by atoms with Crippen molar-refractivity contribution in [3.05, 3.63) is 0 Å². The van der Waals surface area contributed by atoms with Crippen LogP contribution in [0.15, 0.2) is 0 Å². The third-order valence-electron chi connectivity index (χ3n) is 7.23. The van der Waals surface area contributed by atoms with Gasteiger partial charge in [-0.2, -0.15) is 4.72 Å². The lowest BCUT2D eigenvalue weighted by Gasteiger charge is -2.27. The van der Waals surface area contributed by atoms with Crippen molar-refractivity contribution in [1.29, 1.82) is 0 Å². The number of carboxylic acid groups (broad SMARTS) is 1. The van der Waals surface area contributed by atoms with E-state index < -0.39 is 34.5 Å². The van der Waals surface area contributed by atoms with Crippen LogP contribution in [0.3, 0.4) is 0 Å². The molecule has 2 heterocycles. The van der Waals surface area contributed by atoms with Crippen molar-refractivity contribution in [2.75, 3.05) is 50.9 Å². The first-order valence-corrected chi connectivity index (χ1v) is 15.6. The van der Waals surface area contributed by atoms with Gasteiger partial charge >= 0.3 is 5.97 Å². The van der Waals surface area contributed by atoms with Gasteiger partial charge in [-0.15, -0.1) is 11.6 Å². The molecule has 2 aliphatic heterocycles. The molecule has 6 N–H and O–H groups in total. The largest absolute Gasteiger partial charge is 0.480 e. The summed E-state index contributed by atoms with van der Waals surface area (Å²) < 4.78 is 26.0. The normalized spacial score (nSPS) is 18.4. The molecule has 2 amide bonds. The van der Waals surface area contributed by atoms with Crippen LogP contribution in [0.2, 0.25) is 0 Å². The Balaban J connectivity index is 1.82. The Morgan fingerprint density at radius 1 is 0.919 bits per heavy atom. The Morgan fingerprint density at radius 3 is 1.95 bits per heavy atom. The molecule has 1 unspecified atom stereocenters. The Morgan fingerprint density at radius 2 is 1.46 bits per heavy atom. The third-order valence-corrected chi connectivity index (χ3v) is 8.97. The van der Waals surface area contributed by atoms with E-state index in [2.05, 4.69) is 26.0 Å². The highest BCUT2D eigenvalue weighted by Gasteiger charge is 2.26. The van der Waals surface area contributed by atoms with E-state index in [0.29, 0.717) is 11.8 Å². The van der Waals surface area contributed by atoms with E-state index in [0.717, 1.165) is 77.5 Å². The zero-order chi connectivity index (χ0) is 27.1. The summed E-state index contributed by atoms with van der Waals surface area (Å²) in [5, 5.41) is 21.2. The van der Waals surface area contributed by atoms with Gasteiger partial charge in [-0.05, 0) is 95.8 Å². The van der Waals surface area contributed by atoms with Crippen molar-refractivity contribution >= 4 is 39.4 Å². The fraction of sp³-hybridized carbons (Fsp3) is 0.875. The molecule has 11 nitrogen and oxygen atoms in total. The van der Waals surface area contributed by atoms with Crippen LogP contribution in [-0.4, -0.2) is 88.3 Å². The SMILES string of the molecule is O=C(CNC(=O)C(CCC1CCNCC1)CCC1CCNCC1)NCC(NS(=O)(=O)CCCCl)C(=O)O. The van der Waals surface area contributed by atoms with Gasteiger partial charge in [-0.1, -0.05) is 0 Å². The standard InChI is InChI=1S/C24H44ClN5O6S/c25-10-1-15-37(35,36)30-21(24(33)34)16-28-22(31)17-29-23(32)20(4-2-18-6-11-26-12-7-18)5-3-19-8-13-27-14-9-19/h18-21,26-27,30H,1-17H2,(H,28,31)(H,29,32)(H,33,34). The van der Waals surface area contributed by atoms with E-state index in [-0.39, 0.29) is 36.4 Å². The average Bonchev–Trinajstić information content (AvgIpc) is 2.89. The Kier molecular flexibility index (Phi) is 14.7. The monoisotopic (exact) mass is 565 g/mol. The van der Waals surface area contributed by atoms with Crippen LogP contribution in [0.5, 0.6) is 0 Å². The zero-order valence-electron chi connectivity index (χ0n) is 21.6. The van der Waals surface area contributed by atoms with E-state index in [1.807, 2.05) is 0 Å². The molecule has 0 aromatic carbocycles. The number of sulfonamides is 1. The maximum Gasteiger partial charge on any atom is 0.323 e. The summed E-state index contributed by atoms with van der Waals surface area (Å²) in [6, 6.07) is -1.51. The molecule has 0 saturated carbocycles. The first kappa shape index (κ1) is 31.7. The van der Waals surface area contributed by atoms with Crippen LogP contribution in [0.25, 0.3) is 0 Å². The van der Waals surface area contributed by atoms with Gasteiger partial charge in [-0.25, -0.2) is 8.42 Å². The van der Waals surface area contributed by atoms with Gasteiger partial charge < -0.3 is 26.4 Å². The Labute approximate surface area is 225 Å². The molecule has 0 radical (unpaired) electrons. The molecule has 2 aliphatic rings. The molecule has 0 spiro atoms. The van der Waals surface area contributed by atoms with Crippen molar-refractivity contribution in [1.82, 2.24) is 26.0 Å². The second-order valence-corrected chi connectivity index (χ2v) is 12.4. The first-order valence-electron chi connectivity index (χ1n) is 13.4. The molecule has 0 aromatic heterocycles. The third kappa shape index (κ3) is 13.2. The van der Waals surface area contributed by atoms with E-state index in [1.54, 1.807) is 0 Å². The number of halogens is 1. The molecule has 2 fully saturated rings. The van der Waals surface area contributed by atoms with E-state index >= 15 is 0 Å². The van der Waals surface area contributed by atoms with Crippen molar-refractivity contribution in [3.63, 3.8) is 0 Å². The highest BCUT2D eigenvalue weighted by atomic mass is 35.5. The predicted octanol–water partition coefficient (Wildman–Crippen LogP) is 0.396. The van der Waals surface area contributed by atoms with E-state index in [4.69, 9.17) is 11.6 Å². The highest BCUT2D eigenvalue weighted by molar-refractivity contribution is 7.89. The maximum atomic E-state index is 13.0. The lowest BCUT2D eigenvalue weighted by Crippen LogP contribution is -2.50. The topological polar surface area (TPSA) is 166 Å². The molecule has 13 heteroatoms. The first-order chi connectivity index (χ1) is 17.7. The number of rotatable bonds is 17. The number of piperidine rings is 2. The van der Waals surface area contributed by atoms with Gasteiger partial charge in [0.25, 0.3) is 0 Å². The van der Waals surface area contributed by atoms with Gasteiger partial charge in [-0.3, -0.25) is 14.4 Å². The summed E-state index contributed by atoms with van der Waals surface area (Å²) in [5.41, 5.74) is 0. The lowest BCUT2D eigenvalue weighted by molar-refractivity contribution is -0.139. The van der Waals surface area contributed by atoms with Crippen LogP contribution in [-0.2, 0) is 24.4 Å². The molecular formula is C24H44ClN5O6S. The molecule has 37 heavy (non-hydrogen) atoms. The number of nitrogens with one attached hydrogen (secondary N) is 5. The number of alkyl halides is 1. The van der Waals surface area contributed by atoms with Crippen LogP contribution in [0.4, 0.5) is 0 Å². The Hall–Kier alpha value is -1.47. The quantitative estimate of drug-likeness (QED) is 0.138. The van der Waals surface area contributed by atoms with Gasteiger partial charge in [0.15, 0.2) is 0 Å². The van der Waals surface area contributed by atoms with E-state index in [1.165, 1.54) is 0 Å². The number of carbonyl (C=O) groups excluding carboxylic acids is 2. The fourth-order valence-corrected chi connectivity index (χ4v) is 6.46. The number of carboxylic acids is 1. The second-order valence-electron chi connectivity index (χ2n) is 10.1. The summed E-state index contributed by atoms with van der Waals surface area (Å²) in [6.45, 7) is 3.32. The molecule has 0 aliphatic carbocycles. The number of aliphatic carboxylic acids is 1. The smallest absolute Gasteiger partial charge is 0.323 e. The van der Waals surface area contributed by atoms with Crippen LogP contribution in [0, 0.1) is 17.8 Å². The predicted molar refractivity (Wildman–Crippen MR) is 143 cm³/mol. The number of hydrogen-bond acceptors (Lipinski definition) is 7. The van der Waals surface area contributed by atoms with E-state index in [9.17, 15) is 27.9 Å². The number of carbonyl (C=O) groups is 3. The number of hydrogen-bond donors (Lipinski definition) is 6. The minimum absolute atomic E-state index is 0.131. The molecule has 1 atom stereocenters. The molecule has 0 bridgehead atoms. The second kappa shape index (κ2) is 17.2. The van der Waals surface area contributed by atoms with Gasteiger partial charge in [0.05, 0.1) is 12.3 Å². The lowest BCUT2D eigenvalue weighted by atomic mass is 9.84. The summed E-state index contributed by atoms with van der Waals surface area (Å²) in [5.74, 6) is -1.26. The molecule has 0 aromatic rings. The fourth-order valence-electron chi connectivity index (χ4n) is 4.91. The molecule has 2 rings (SSSR count). The van der Waals surface area contributed by atoms with Crippen molar-refractivity contribution in [2.24, 2.45) is 17.8 Å². The molecule has 2 saturated heterocycles. The van der Waals surface area contributed by atoms with Crippen molar-refractivity contribution < 1.29 is 27.9 Å². The van der Waals surface area contributed by atoms with Crippen LogP contribution in [0.1, 0.15) is 57.8 Å². The zero-order valence-corrected chi connectivity index (χ0v) is 23.2. The maximum absolute atomic E-state index is 13.0. The van der Waals surface area contributed by atoms with Crippen molar-refractivity contribution in [2.45, 2.75) is 63.8 Å². The summed E-state index contributed by atoms with van der Waals surface area (Å²) in [7, 11) is -3.85. The average molecular weight is 566 g/mol. The number of amides is 2. The Bertz CT molecular complexity index is 796. The molecular weight excluding hydrogens is 522 g/mol. The summed E-state index contributed by atoms with van der Waals surface area (Å²) >= 11 is 5.51. The van der Waals surface area contributed by atoms with Crippen molar-refractivity contribution in [3.8, 4) is 0 Å². The van der Waals surface area contributed by atoms with Crippen LogP contribution < -0.4 is 26.0 Å². The minimum atomic E-state index is -3.85. The van der Waals surface area contributed by atoms with Gasteiger partial charge in [0.2, 0.25) is 21.8 Å². The van der Waals surface area contributed by atoms with Crippen LogP contribution >= 0.6 is 11.6 Å².